The van der Waals surface area contributed by atoms with Crippen molar-refractivity contribution in [3.8, 4) is 0 Å². The van der Waals surface area contributed by atoms with Crippen LogP contribution in [0.4, 0.5) is 0 Å². The number of fused-ring (bicyclic) bond motifs is 1. The molecule has 1 aliphatic heterocycles. The van der Waals surface area contributed by atoms with Crippen LogP contribution in [0.1, 0.15) is 38.6 Å². The summed E-state index contributed by atoms with van der Waals surface area (Å²) in [6.45, 7) is 6.20. The molecule has 4 heteroatoms. The molecule has 1 N–H and O–H groups in total. The van der Waals surface area contributed by atoms with Gasteiger partial charge in [0.25, 0.3) is 0 Å². The average molecular weight is 294 g/mol. The third-order valence-corrected chi connectivity index (χ3v) is 4.67. The number of hydrogen-bond acceptors (Lipinski definition) is 3. The molecule has 0 spiro atoms. The third-order valence-electron chi connectivity index (χ3n) is 4.37. The fourth-order valence-corrected chi connectivity index (χ4v) is 3.22. The Hall–Kier alpha value is -1.03. The number of aliphatic hydroxyl groups is 1. The summed E-state index contributed by atoms with van der Waals surface area (Å²) in [4.78, 5) is 2.33. The van der Waals surface area contributed by atoms with Crippen molar-refractivity contribution in [2.24, 2.45) is 0 Å². The highest BCUT2D eigenvalue weighted by atomic mass is 35.5. The molecule has 1 aromatic heterocycles. The van der Waals surface area contributed by atoms with Crippen molar-refractivity contribution in [1.29, 1.82) is 0 Å². The van der Waals surface area contributed by atoms with Gasteiger partial charge in [0.2, 0.25) is 0 Å². The lowest BCUT2D eigenvalue weighted by Gasteiger charge is -2.38. The molecule has 3 rings (SSSR count). The predicted molar refractivity (Wildman–Crippen MR) is 81.1 cm³/mol. The van der Waals surface area contributed by atoms with Crippen LogP contribution in [0.5, 0.6) is 0 Å². The van der Waals surface area contributed by atoms with Gasteiger partial charge < -0.3 is 9.52 Å². The van der Waals surface area contributed by atoms with E-state index in [2.05, 4.69) is 18.7 Å². The summed E-state index contributed by atoms with van der Waals surface area (Å²) in [5.41, 5.74) is 0.317. The Labute approximate surface area is 124 Å². The minimum Gasteiger partial charge on any atom is -0.457 e. The molecular weight excluding hydrogens is 274 g/mol. The monoisotopic (exact) mass is 293 g/mol. The van der Waals surface area contributed by atoms with E-state index in [0.29, 0.717) is 16.4 Å². The first-order chi connectivity index (χ1) is 9.50. The summed E-state index contributed by atoms with van der Waals surface area (Å²) in [7, 11) is 0. The van der Waals surface area contributed by atoms with Crippen molar-refractivity contribution < 1.29 is 9.52 Å². The summed E-state index contributed by atoms with van der Waals surface area (Å²) in [5, 5.41) is 12.2. The molecule has 1 unspecified atom stereocenters. The maximum Gasteiger partial charge on any atom is 0.152 e. The molecule has 0 aliphatic carbocycles. The van der Waals surface area contributed by atoms with E-state index in [1.807, 2.05) is 18.2 Å². The Balaban J connectivity index is 1.95. The van der Waals surface area contributed by atoms with E-state index in [0.717, 1.165) is 18.5 Å². The van der Waals surface area contributed by atoms with Crippen molar-refractivity contribution in [3.63, 3.8) is 0 Å². The van der Waals surface area contributed by atoms with E-state index in [4.69, 9.17) is 16.0 Å². The topological polar surface area (TPSA) is 36.6 Å². The van der Waals surface area contributed by atoms with Gasteiger partial charge in [0.05, 0.1) is 5.02 Å². The summed E-state index contributed by atoms with van der Waals surface area (Å²) in [6, 6.07) is 7.53. The van der Waals surface area contributed by atoms with E-state index >= 15 is 0 Å². The molecule has 2 aromatic rings. The Bertz CT molecular complexity index is 614. The van der Waals surface area contributed by atoms with Gasteiger partial charge in [0.15, 0.2) is 5.58 Å². The zero-order chi connectivity index (χ0) is 14.3. The number of benzene rings is 1. The van der Waals surface area contributed by atoms with Crippen molar-refractivity contribution in [3.05, 3.63) is 35.0 Å². The lowest BCUT2D eigenvalue weighted by atomic mass is 9.93. The fraction of sp³-hybridized carbons (Fsp3) is 0.500. The van der Waals surface area contributed by atoms with Gasteiger partial charge in [-0.25, -0.2) is 0 Å². The Morgan fingerprint density at radius 3 is 2.65 bits per heavy atom. The highest BCUT2D eigenvalue weighted by molar-refractivity contribution is 6.34. The Morgan fingerprint density at radius 2 is 2.00 bits per heavy atom. The maximum absolute atomic E-state index is 10.7. The van der Waals surface area contributed by atoms with Crippen LogP contribution in [0, 0.1) is 0 Å². The van der Waals surface area contributed by atoms with E-state index in [9.17, 15) is 5.11 Å². The maximum atomic E-state index is 10.7. The Kier molecular flexibility index (Phi) is 3.53. The van der Waals surface area contributed by atoms with Crippen LogP contribution in [0.15, 0.2) is 28.7 Å². The molecule has 1 fully saturated rings. The van der Waals surface area contributed by atoms with Gasteiger partial charge in [-0.05, 0) is 51.9 Å². The van der Waals surface area contributed by atoms with Crippen LogP contribution < -0.4 is 0 Å². The van der Waals surface area contributed by atoms with Crippen LogP contribution in [-0.4, -0.2) is 28.6 Å². The van der Waals surface area contributed by atoms with Gasteiger partial charge in [-0.1, -0.05) is 23.7 Å². The summed E-state index contributed by atoms with van der Waals surface area (Å²) in [5.74, 6) is 0.588. The van der Waals surface area contributed by atoms with Crippen LogP contribution in [0.2, 0.25) is 5.02 Å². The summed E-state index contributed by atoms with van der Waals surface area (Å²) >= 11 is 6.13. The van der Waals surface area contributed by atoms with Gasteiger partial charge >= 0.3 is 0 Å². The van der Waals surface area contributed by atoms with Crippen molar-refractivity contribution >= 4 is 22.6 Å². The third kappa shape index (κ3) is 2.24. The number of likely N-dealkylation sites (tertiary alicyclic amines) is 1. The van der Waals surface area contributed by atoms with E-state index in [-0.39, 0.29) is 5.54 Å². The summed E-state index contributed by atoms with van der Waals surface area (Å²) < 4.78 is 5.80. The molecule has 3 nitrogen and oxygen atoms in total. The molecule has 1 atom stereocenters. The van der Waals surface area contributed by atoms with Crippen LogP contribution in [0.3, 0.4) is 0 Å². The second kappa shape index (κ2) is 5.06. The second-order valence-corrected chi connectivity index (χ2v) is 6.46. The lowest BCUT2D eigenvalue weighted by Crippen LogP contribution is -2.46. The number of halogens is 1. The molecule has 108 valence electrons. The molecule has 0 radical (unpaired) electrons. The molecule has 0 amide bonds. The molecule has 2 heterocycles. The SMILES string of the molecule is CC(C)(C(O)c1cc2cccc(Cl)c2o1)N1CCCC1. The average Bonchev–Trinajstić information content (AvgIpc) is 3.07. The van der Waals surface area contributed by atoms with Gasteiger partial charge in [-0.3, -0.25) is 4.90 Å². The van der Waals surface area contributed by atoms with E-state index in [1.54, 1.807) is 6.07 Å². The van der Waals surface area contributed by atoms with Crippen LogP contribution in [-0.2, 0) is 0 Å². The number of aliphatic hydroxyl groups excluding tert-OH is 1. The number of nitrogens with zero attached hydrogens (tertiary/aromatic N) is 1. The van der Waals surface area contributed by atoms with Crippen molar-refractivity contribution in [2.45, 2.75) is 38.3 Å². The zero-order valence-electron chi connectivity index (χ0n) is 11.9. The smallest absolute Gasteiger partial charge is 0.152 e. The largest absolute Gasteiger partial charge is 0.457 e. The normalized spacial score (nSPS) is 18.8. The molecular formula is C16H20ClNO2. The number of rotatable bonds is 3. The fourth-order valence-electron chi connectivity index (χ4n) is 3.00. The summed E-state index contributed by atoms with van der Waals surface area (Å²) in [6.07, 6.45) is 1.73. The van der Waals surface area contributed by atoms with Gasteiger partial charge in [0, 0.05) is 10.9 Å². The number of hydrogen-bond donors (Lipinski definition) is 1. The van der Waals surface area contributed by atoms with E-state index < -0.39 is 6.10 Å². The zero-order valence-corrected chi connectivity index (χ0v) is 12.7. The van der Waals surface area contributed by atoms with Gasteiger partial charge in [0.1, 0.15) is 11.9 Å². The molecule has 20 heavy (non-hydrogen) atoms. The van der Waals surface area contributed by atoms with Crippen molar-refractivity contribution in [1.82, 2.24) is 4.90 Å². The van der Waals surface area contributed by atoms with Gasteiger partial charge in [-0.2, -0.15) is 0 Å². The first-order valence-corrected chi connectivity index (χ1v) is 7.49. The minimum atomic E-state index is -0.663. The quantitative estimate of drug-likeness (QED) is 0.929. The highest BCUT2D eigenvalue weighted by Crippen LogP contribution is 2.37. The first-order valence-electron chi connectivity index (χ1n) is 7.11. The molecule has 1 aliphatic rings. The second-order valence-electron chi connectivity index (χ2n) is 6.06. The molecule has 0 saturated carbocycles. The van der Waals surface area contributed by atoms with E-state index in [1.165, 1.54) is 12.8 Å². The first kappa shape index (κ1) is 13.9. The predicted octanol–water partition coefficient (Wildman–Crippen LogP) is 3.99. The van der Waals surface area contributed by atoms with Gasteiger partial charge in [-0.15, -0.1) is 0 Å². The lowest BCUT2D eigenvalue weighted by molar-refractivity contribution is -0.0102. The van der Waals surface area contributed by atoms with Crippen LogP contribution in [0.25, 0.3) is 11.0 Å². The Morgan fingerprint density at radius 1 is 1.30 bits per heavy atom. The molecule has 0 bridgehead atoms. The molecule has 1 aromatic carbocycles. The number of para-hydroxylation sites is 1. The standard InChI is InChI=1S/C16H20ClNO2/c1-16(2,18-8-3-4-9-18)15(19)13-10-11-6-5-7-12(17)14(11)20-13/h5-7,10,15,19H,3-4,8-9H2,1-2H3. The number of furan rings is 1. The van der Waals surface area contributed by atoms with Crippen LogP contribution >= 0.6 is 11.6 Å². The van der Waals surface area contributed by atoms with Crippen molar-refractivity contribution in [2.75, 3.05) is 13.1 Å². The molecule has 1 saturated heterocycles. The highest BCUT2D eigenvalue weighted by Gasteiger charge is 2.38. The minimum absolute atomic E-state index is 0.336.